The standard InChI is InChI=1S/C25H21N3O3S/c1-16-10-11-21-19(13-22(29)31-23(21)17(16)2)15-32-25-27-26-24(18-7-4-3-5-8-18)28(25)14-20-9-6-12-30-20/h3-13H,14-15H2,1-2H3. The third kappa shape index (κ3) is 3.87. The molecule has 0 radical (unpaired) electrons. The Balaban J connectivity index is 1.52. The molecule has 0 saturated carbocycles. The van der Waals surface area contributed by atoms with Crippen molar-refractivity contribution in [1.82, 2.24) is 14.8 Å². The number of thioether (sulfide) groups is 1. The Hall–Kier alpha value is -3.58. The lowest BCUT2D eigenvalue weighted by Gasteiger charge is -2.10. The molecule has 0 fully saturated rings. The fourth-order valence-electron chi connectivity index (χ4n) is 3.68. The third-order valence-electron chi connectivity index (χ3n) is 5.52. The number of nitrogens with zero attached hydrogens (tertiary/aromatic N) is 3. The van der Waals surface area contributed by atoms with E-state index in [-0.39, 0.29) is 5.63 Å². The van der Waals surface area contributed by atoms with E-state index < -0.39 is 0 Å². The topological polar surface area (TPSA) is 74.1 Å². The molecule has 6 nitrogen and oxygen atoms in total. The smallest absolute Gasteiger partial charge is 0.336 e. The minimum Gasteiger partial charge on any atom is -0.467 e. The first-order valence-corrected chi connectivity index (χ1v) is 11.3. The van der Waals surface area contributed by atoms with Crippen LogP contribution in [0, 0.1) is 13.8 Å². The second-order valence-electron chi connectivity index (χ2n) is 7.60. The predicted octanol–water partition coefficient (Wildman–Crippen LogP) is 5.60. The van der Waals surface area contributed by atoms with Crippen molar-refractivity contribution in [1.29, 1.82) is 0 Å². The molecule has 160 valence electrons. The summed E-state index contributed by atoms with van der Waals surface area (Å²) >= 11 is 1.54. The predicted molar refractivity (Wildman–Crippen MR) is 125 cm³/mol. The first-order chi connectivity index (χ1) is 15.6. The van der Waals surface area contributed by atoms with E-state index in [2.05, 4.69) is 16.3 Å². The number of aromatic nitrogens is 3. The highest BCUT2D eigenvalue weighted by molar-refractivity contribution is 7.98. The summed E-state index contributed by atoms with van der Waals surface area (Å²) in [4.78, 5) is 12.2. The Morgan fingerprint density at radius 1 is 1.00 bits per heavy atom. The van der Waals surface area contributed by atoms with Gasteiger partial charge in [-0.2, -0.15) is 0 Å². The van der Waals surface area contributed by atoms with Crippen LogP contribution in [0.25, 0.3) is 22.4 Å². The van der Waals surface area contributed by atoms with Crippen molar-refractivity contribution in [2.75, 3.05) is 0 Å². The van der Waals surface area contributed by atoms with Crippen molar-refractivity contribution in [3.8, 4) is 11.4 Å². The summed E-state index contributed by atoms with van der Waals surface area (Å²) in [6.45, 7) is 4.50. The van der Waals surface area contributed by atoms with Crippen LogP contribution < -0.4 is 5.63 Å². The van der Waals surface area contributed by atoms with Crippen LogP contribution in [0.4, 0.5) is 0 Å². The van der Waals surface area contributed by atoms with Crippen LogP contribution in [0.15, 0.2) is 85.7 Å². The maximum atomic E-state index is 12.2. The zero-order valence-corrected chi connectivity index (χ0v) is 18.6. The van der Waals surface area contributed by atoms with E-state index in [1.807, 2.05) is 66.9 Å². The van der Waals surface area contributed by atoms with Crippen molar-refractivity contribution in [3.63, 3.8) is 0 Å². The lowest BCUT2D eigenvalue weighted by atomic mass is 10.0. The third-order valence-corrected chi connectivity index (χ3v) is 6.53. The highest BCUT2D eigenvalue weighted by Gasteiger charge is 2.17. The number of fused-ring (bicyclic) bond motifs is 1. The maximum Gasteiger partial charge on any atom is 0.336 e. The van der Waals surface area contributed by atoms with Gasteiger partial charge in [-0.15, -0.1) is 10.2 Å². The van der Waals surface area contributed by atoms with Crippen LogP contribution in [0.5, 0.6) is 0 Å². The summed E-state index contributed by atoms with van der Waals surface area (Å²) in [5, 5.41) is 10.6. The molecule has 0 N–H and O–H groups in total. The lowest BCUT2D eigenvalue weighted by molar-refractivity contribution is 0.485. The van der Waals surface area contributed by atoms with E-state index in [4.69, 9.17) is 8.83 Å². The molecule has 0 aliphatic rings. The monoisotopic (exact) mass is 443 g/mol. The molecule has 0 atom stereocenters. The Labute approximate surface area is 188 Å². The number of rotatable bonds is 6. The molecule has 3 heterocycles. The molecule has 2 aromatic carbocycles. The molecule has 0 spiro atoms. The molecule has 0 amide bonds. The lowest BCUT2D eigenvalue weighted by Crippen LogP contribution is -2.04. The van der Waals surface area contributed by atoms with E-state index in [1.165, 1.54) is 11.8 Å². The number of aryl methyl sites for hydroxylation is 2. The minimum absolute atomic E-state index is 0.344. The second-order valence-corrected chi connectivity index (χ2v) is 8.54. The summed E-state index contributed by atoms with van der Waals surface area (Å²) in [7, 11) is 0. The minimum atomic E-state index is -0.344. The molecule has 0 unspecified atom stereocenters. The number of furan rings is 1. The summed E-state index contributed by atoms with van der Waals surface area (Å²) in [5.41, 5.74) is 4.28. The first-order valence-electron chi connectivity index (χ1n) is 10.3. The van der Waals surface area contributed by atoms with Crippen molar-refractivity contribution < 1.29 is 8.83 Å². The molecule has 5 aromatic rings. The van der Waals surface area contributed by atoms with Gasteiger partial charge in [-0.25, -0.2) is 4.79 Å². The molecule has 0 bridgehead atoms. The first kappa shape index (κ1) is 20.3. The summed E-state index contributed by atoms with van der Waals surface area (Å²) in [5.74, 6) is 2.16. The Morgan fingerprint density at radius 3 is 2.62 bits per heavy atom. The fourth-order valence-corrected chi connectivity index (χ4v) is 4.61. The van der Waals surface area contributed by atoms with Gasteiger partial charge >= 0.3 is 5.63 Å². The van der Waals surface area contributed by atoms with Gasteiger partial charge in [0.2, 0.25) is 0 Å². The molecular weight excluding hydrogens is 422 g/mol. The Morgan fingerprint density at radius 2 is 1.84 bits per heavy atom. The van der Waals surface area contributed by atoms with Crippen LogP contribution in [0.1, 0.15) is 22.5 Å². The maximum absolute atomic E-state index is 12.2. The van der Waals surface area contributed by atoms with Gasteiger partial charge in [0.1, 0.15) is 11.3 Å². The van der Waals surface area contributed by atoms with Crippen LogP contribution in [0.3, 0.4) is 0 Å². The quantitative estimate of drug-likeness (QED) is 0.251. The van der Waals surface area contributed by atoms with Gasteiger partial charge in [0, 0.05) is 22.8 Å². The van der Waals surface area contributed by atoms with Gasteiger partial charge in [-0.05, 0) is 42.7 Å². The van der Waals surface area contributed by atoms with Crippen LogP contribution in [-0.2, 0) is 12.3 Å². The average Bonchev–Trinajstić information content (AvgIpc) is 3.46. The number of benzene rings is 2. The van der Waals surface area contributed by atoms with Crippen LogP contribution >= 0.6 is 11.8 Å². The molecule has 0 aliphatic carbocycles. The largest absolute Gasteiger partial charge is 0.467 e. The Kier molecular flexibility index (Phi) is 5.41. The molecular formula is C25H21N3O3S. The van der Waals surface area contributed by atoms with Gasteiger partial charge in [-0.3, -0.25) is 4.57 Å². The second kappa shape index (κ2) is 8.51. The van der Waals surface area contributed by atoms with Crippen molar-refractivity contribution in [2.45, 2.75) is 31.3 Å². The van der Waals surface area contributed by atoms with Gasteiger partial charge in [-0.1, -0.05) is 54.2 Å². The molecule has 5 rings (SSSR count). The molecule has 7 heteroatoms. The average molecular weight is 444 g/mol. The summed E-state index contributed by atoms with van der Waals surface area (Å²) < 4.78 is 13.1. The van der Waals surface area contributed by atoms with E-state index in [9.17, 15) is 4.79 Å². The SMILES string of the molecule is Cc1ccc2c(CSc3nnc(-c4ccccc4)n3Cc3ccco3)cc(=O)oc2c1C. The van der Waals surface area contributed by atoms with E-state index >= 15 is 0 Å². The molecule has 3 aromatic heterocycles. The number of hydrogen-bond acceptors (Lipinski definition) is 6. The van der Waals surface area contributed by atoms with Gasteiger partial charge in [0.25, 0.3) is 0 Å². The molecule has 32 heavy (non-hydrogen) atoms. The highest BCUT2D eigenvalue weighted by atomic mass is 32.2. The van der Waals surface area contributed by atoms with Gasteiger partial charge < -0.3 is 8.83 Å². The normalized spacial score (nSPS) is 11.3. The van der Waals surface area contributed by atoms with Gasteiger partial charge in [0.05, 0.1) is 12.8 Å². The molecule has 0 saturated heterocycles. The zero-order chi connectivity index (χ0) is 22.1. The van der Waals surface area contributed by atoms with Gasteiger partial charge in [0.15, 0.2) is 11.0 Å². The van der Waals surface area contributed by atoms with E-state index in [0.29, 0.717) is 17.9 Å². The molecule has 0 aliphatic heterocycles. The zero-order valence-electron chi connectivity index (χ0n) is 17.7. The van der Waals surface area contributed by atoms with Crippen molar-refractivity contribution >= 4 is 22.7 Å². The fraction of sp³-hybridized carbons (Fsp3) is 0.160. The van der Waals surface area contributed by atoms with Crippen molar-refractivity contribution in [3.05, 3.63) is 99.8 Å². The Bertz CT molecular complexity index is 1440. The summed E-state index contributed by atoms with van der Waals surface area (Å²) in [6.07, 6.45) is 1.66. The van der Waals surface area contributed by atoms with E-state index in [1.54, 1.807) is 12.3 Å². The van der Waals surface area contributed by atoms with E-state index in [0.717, 1.165) is 44.4 Å². The van der Waals surface area contributed by atoms with Crippen molar-refractivity contribution in [2.24, 2.45) is 0 Å². The number of hydrogen-bond donors (Lipinski definition) is 0. The summed E-state index contributed by atoms with van der Waals surface area (Å²) in [6, 6.07) is 19.4. The van der Waals surface area contributed by atoms with Crippen LogP contribution in [0.2, 0.25) is 0 Å². The highest BCUT2D eigenvalue weighted by Crippen LogP contribution is 2.30. The van der Waals surface area contributed by atoms with Crippen LogP contribution in [-0.4, -0.2) is 14.8 Å².